The number of sulfonamides is 1. The van der Waals surface area contributed by atoms with Gasteiger partial charge in [-0.25, -0.2) is 13.1 Å². The number of piperidine rings is 1. The Kier molecular flexibility index (Phi) is 8.71. The average Bonchev–Trinajstić information content (AvgIpc) is 2.79. The SMILES string of the molecule is CCC(CC)C(=O)N1CCC(NC(=O)CCNS(=O)(=O)c2ccc3c(c2)CCCC3)CC1. The lowest BCUT2D eigenvalue weighted by Crippen LogP contribution is -2.48. The first-order valence-corrected chi connectivity index (χ1v) is 13.5. The number of carbonyl (C=O) groups excluding carboxylic acids is 2. The molecule has 2 aliphatic rings. The largest absolute Gasteiger partial charge is 0.353 e. The summed E-state index contributed by atoms with van der Waals surface area (Å²) in [4.78, 5) is 27.0. The molecule has 0 radical (unpaired) electrons. The minimum Gasteiger partial charge on any atom is -0.353 e. The van der Waals surface area contributed by atoms with Gasteiger partial charge in [0, 0.05) is 38.0 Å². The predicted octanol–water partition coefficient (Wildman–Crippen LogP) is 2.78. The van der Waals surface area contributed by atoms with Crippen molar-refractivity contribution < 1.29 is 18.0 Å². The molecule has 8 heteroatoms. The number of aryl methyl sites for hydroxylation is 2. The minimum atomic E-state index is -3.63. The van der Waals surface area contributed by atoms with Crippen molar-refractivity contribution in [1.29, 1.82) is 0 Å². The Labute approximate surface area is 192 Å². The second-order valence-corrected chi connectivity index (χ2v) is 10.7. The number of hydrogen-bond donors (Lipinski definition) is 2. The fraction of sp³-hybridized carbons (Fsp3) is 0.667. The maximum Gasteiger partial charge on any atom is 0.240 e. The molecule has 1 aliphatic heterocycles. The van der Waals surface area contributed by atoms with Crippen LogP contribution in [-0.4, -0.2) is 50.8 Å². The molecule has 1 aliphatic carbocycles. The summed E-state index contributed by atoms with van der Waals surface area (Å²) in [6, 6.07) is 5.37. The molecule has 0 atom stereocenters. The first-order chi connectivity index (χ1) is 15.3. The Morgan fingerprint density at radius 2 is 1.72 bits per heavy atom. The molecule has 32 heavy (non-hydrogen) atoms. The van der Waals surface area contributed by atoms with Crippen LogP contribution in [-0.2, 0) is 32.5 Å². The number of amides is 2. The van der Waals surface area contributed by atoms with E-state index in [0.717, 1.165) is 56.9 Å². The van der Waals surface area contributed by atoms with E-state index < -0.39 is 10.0 Å². The van der Waals surface area contributed by atoms with Gasteiger partial charge in [-0.05, 0) is 74.6 Å². The third-order valence-electron chi connectivity index (χ3n) is 6.78. The summed E-state index contributed by atoms with van der Waals surface area (Å²) in [6.45, 7) is 5.46. The Balaban J connectivity index is 1.41. The number of fused-ring (bicyclic) bond motifs is 1. The van der Waals surface area contributed by atoms with Crippen LogP contribution < -0.4 is 10.0 Å². The number of rotatable bonds is 9. The quantitative estimate of drug-likeness (QED) is 0.589. The van der Waals surface area contributed by atoms with Gasteiger partial charge in [-0.1, -0.05) is 19.9 Å². The standard InChI is InChI=1S/C24H37N3O4S/c1-3-18(4-2)24(29)27-15-12-21(13-16-27)26-23(28)11-14-25-32(30,31)22-10-9-19-7-5-6-8-20(19)17-22/h9-10,17-18,21,25H,3-8,11-16H2,1-2H3,(H,26,28). The molecule has 1 aromatic rings. The monoisotopic (exact) mass is 463 g/mol. The normalized spacial score (nSPS) is 17.3. The number of hydrogen-bond acceptors (Lipinski definition) is 4. The summed E-state index contributed by atoms with van der Waals surface area (Å²) >= 11 is 0. The van der Waals surface area contributed by atoms with Crippen LogP contribution in [0.15, 0.2) is 23.1 Å². The summed E-state index contributed by atoms with van der Waals surface area (Å²) in [5, 5.41) is 2.99. The molecule has 1 saturated heterocycles. The van der Waals surface area contributed by atoms with Crippen LogP contribution >= 0.6 is 0 Å². The van der Waals surface area contributed by atoms with Crippen molar-refractivity contribution in [2.45, 2.75) is 82.6 Å². The van der Waals surface area contributed by atoms with Gasteiger partial charge >= 0.3 is 0 Å². The first-order valence-electron chi connectivity index (χ1n) is 12.0. The van der Waals surface area contributed by atoms with Crippen molar-refractivity contribution >= 4 is 21.8 Å². The van der Waals surface area contributed by atoms with E-state index >= 15 is 0 Å². The smallest absolute Gasteiger partial charge is 0.240 e. The summed E-state index contributed by atoms with van der Waals surface area (Å²) in [5.41, 5.74) is 2.35. The van der Waals surface area contributed by atoms with Crippen LogP contribution in [0.1, 0.15) is 69.9 Å². The molecule has 2 amide bonds. The van der Waals surface area contributed by atoms with E-state index in [0.29, 0.717) is 13.1 Å². The minimum absolute atomic E-state index is 0.0329. The summed E-state index contributed by atoms with van der Waals surface area (Å²) in [7, 11) is -3.63. The third-order valence-corrected chi connectivity index (χ3v) is 8.24. The number of benzene rings is 1. The summed E-state index contributed by atoms with van der Waals surface area (Å²) < 4.78 is 27.8. The van der Waals surface area contributed by atoms with Gasteiger partial charge in [-0.2, -0.15) is 0 Å². The van der Waals surface area contributed by atoms with Gasteiger partial charge in [0.1, 0.15) is 0 Å². The Morgan fingerprint density at radius 3 is 2.38 bits per heavy atom. The maximum atomic E-state index is 12.6. The summed E-state index contributed by atoms with van der Waals surface area (Å²) in [6.07, 6.45) is 7.45. The molecule has 0 aromatic heterocycles. The predicted molar refractivity (Wildman–Crippen MR) is 125 cm³/mol. The lowest BCUT2D eigenvalue weighted by atomic mass is 9.92. The topological polar surface area (TPSA) is 95.6 Å². The Hall–Kier alpha value is -1.93. The van der Waals surface area contributed by atoms with Gasteiger partial charge < -0.3 is 10.2 Å². The molecule has 2 N–H and O–H groups in total. The van der Waals surface area contributed by atoms with E-state index in [4.69, 9.17) is 0 Å². The van der Waals surface area contributed by atoms with Crippen molar-refractivity contribution in [3.05, 3.63) is 29.3 Å². The van der Waals surface area contributed by atoms with E-state index in [9.17, 15) is 18.0 Å². The second-order valence-electron chi connectivity index (χ2n) is 8.97. The van der Waals surface area contributed by atoms with Gasteiger partial charge in [0.25, 0.3) is 0 Å². The number of nitrogens with one attached hydrogen (secondary N) is 2. The highest BCUT2D eigenvalue weighted by atomic mass is 32.2. The molecule has 0 bridgehead atoms. The number of likely N-dealkylation sites (tertiary alicyclic amines) is 1. The van der Waals surface area contributed by atoms with E-state index in [2.05, 4.69) is 10.0 Å². The fourth-order valence-corrected chi connectivity index (χ4v) is 5.78. The molecule has 1 aromatic carbocycles. The zero-order valence-corrected chi connectivity index (χ0v) is 20.2. The molecule has 178 valence electrons. The molecule has 0 saturated carbocycles. The van der Waals surface area contributed by atoms with Gasteiger partial charge in [-0.15, -0.1) is 0 Å². The average molecular weight is 464 g/mol. The van der Waals surface area contributed by atoms with Gasteiger partial charge in [0.05, 0.1) is 4.90 Å². The van der Waals surface area contributed by atoms with Crippen molar-refractivity contribution in [2.75, 3.05) is 19.6 Å². The zero-order valence-electron chi connectivity index (χ0n) is 19.4. The van der Waals surface area contributed by atoms with Crippen molar-refractivity contribution in [3.8, 4) is 0 Å². The van der Waals surface area contributed by atoms with Gasteiger partial charge in [0.2, 0.25) is 21.8 Å². The summed E-state index contributed by atoms with van der Waals surface area (Å²) in [5.74, 6) is 0.142. The highest BCUT2D eigenvalue weighted by Crippen LogP contribution is 2.24. The fourth-order valence-electron chi connectivity index (χ4n) is 4.70. The molecule has 3 rings (SSSR count). The van der Waals surface area contributed by atoms with E-state index in [1.807, 2.05) is 24.8 Å². The molecule has 0 spiro atoms. The van der Waals surface area contributed by atoms with Crippen LogP contribution in [0.25, 0.3) is 0 Å². The molecule has 1 heterocycles. The van der Waals surface area contributed by atoms with Crippen LogP contribution in [0.5, 0.6) is 0 Å². The van der Waals surface area contributed by atoms with Crippen LogP contribution in [0.3, 0.4) is 0 Å². The molecule has 1 fully saturated rings. The molecular weight excluding hydrogens is 426 g/mol. The highest BCUT2D eigenvalue weighted by Gasteiger charge is 2.27. The maximum absolute atomic E-state index is 12.6. The van der Waals surface area contributed by atoms with Crippen LogP contribution in [0.4, 0.5) is 0 Å². The first kappa shape index (κ1) is 24.7. The molecule has 7 nitrogen and oxygen atoms in total. The zero-order chi connectivity index (χ0) is 23.1. The highest BCUT2D eigenvalue weighted by molar-refractivity contribution is 7.89. The Morgan fingerprint density at radius 1 is 1.06 bits per heavy atom. The lowest BCUT2D eigenvalue weighted by Gasteiger charge is -2.34. The Bertz CT molecular complexity index is 904. The van der Waals surface area contributed by atoms with Gasteiger partial charge in [0.15, 0.2) is 0 Å². The van der Waals surface area contributed by atoms with Crippen LogP contribution in [0.2, 0.25) is 0 Å². The van der Waals surface area contributed by atoms with Crippen molar-refractivity contribution in [2.24, 2.45) is 5.92 Å². The van der Waals surface area contributed by atoms with Crippen molar-refractivity contribution in [1.82, 2.24) is 14.9 Å². The van der Waals surface area contributed by atoms with E-state index in [-0.39, 0.29) is 41.6 Å². The van der Waals surface area contributed by atoms with Gasteiger partial charge in [-0.3, -0.25) is 9.59 Å². The van der Waals surface area contributed by atoms with Crippen molar-refractivity contribution in [3.63, 3.8) is 0 Å². The number of nitrogens with zero attached hydrogens (tertiary/aromatic N) is 1. The third kappa shape index (κ3) is 6.32. The van der Waals surface area contributed by atoms with E-state index in [1.165, 1.54) is 5.56 Å². The molecular formula is C24H37N3O4S. The second kappa shape index (κ2) is 11.3. The molecule has 0 unspecified atom stereocenters. The number of carbonyl (C=O) groups is 2. The lowest BCUT2D eigenvalue weighted by molar-refractivity contribution is -0.137. The van der Waals surface area contributed by atoms with E-state index in [1.54, 1.807) is 12.1 Å². The van der Waals surface area contributed by atoms with Crippen LogP contribution in [0, 0.1) is 5.92 Å².